The van der Waals surface area contributed by atoms with Crippen LogP contribution >= 0.6 is 11.6 Å². The van der Waals surface area contributed by atoms with Crippen LogP contribution in [0.1, 0.15) is 0 Å². The molecule has 0 saturated carbocycles. The Bertz CT molecular complexity index is 725. The predicted molar refractivity (Wildman–Crippen MR) is 74.4 cm³/mol. The van der Waals surface area contributed by atoms with Crippen LogP contribution in [0.15, 0.2) is 48.5 Å². The van der Waals surface area contributed by atoms with Crippen molar-refractivity contribution in [1.29, 1.82) is 0 Å². The molecule has 3 nitrogen and oxygen atoms in total. The zero-order valence-electron chi connectivity index (χ0n) is 9.47. The van der Waals surface area contributed by atoms with Crippen molar-refractivity contribution in [3.05, 3.63) is 53.7 Å². The summed E-state index contributed by atoms with van der Waals surface area (Å²) in [4.78, 5) is 8.81. The molecule has 0 aliphatic heterocycles. The molecule has 88 valence electrons. The minimum atomic E-state index is 0.457. The van der Waals surface area contributed by atoms with E-state index in [0.29, 0.717) is 16.7 Å². The van der Waals surface area contributed by atoms with Gasteiger partial charge in [-0.1, -0.05) is 35.9 Å². The van der Waals surface area contributed by atoms with Crippen LogP contribution in [-0.4, -0.2) is 9.97 Å². The lowest BCUT2D eigenvalue weighted by Gasteiger charge is -2.05. The van der Waals surface area contributed by atoms with E-state index in [1.54, 1.807) is 0 Å². The standard InChI is InChI=1S/C14H10ClN3/c15-13-11-6-1-2-7-12(11)17-14(18-13)9-4-3-5-10(16)8-9/h1-8H,16H2. The molecule has 0 saturated heterocycles. The van der Waals surface area contributed by atoms with E-state index in [1.807, 2.05) is 48.5 Å². The van der Waals surface area contributed by atoms with E-state index in [2.05, 4.69) is 9.97 Å². The molecular weight excluding hydrogens is 246 g/mol. The molecule has 0 radical (unpaired) electrons. The Morgan fingerprint density at radius 2 is 1.78 bits per heavy atom. The highest BCUT2D eigenvalue weighted by atomic mass is 35.5. The summed E-state index contributed by atoms with van der Waals surface area (Å²) in [7, 11) is 0. The number of hydrogen-bond acceptors (Lipinski definition) is 3. The largest absolute Gasteiger partial charge is 0.399 e. The molecule has 0 bridgehead atoms. The van der Waals surface area contributed by atoms with Crippen molar-refractivity contribution in [2.45, 2.75) is 0 Å². The summed E-state index contributed by atoms with van der Waals surface area (Å²) >= 11 is 6.17. The maximum absolute atomic E-state index is 6.17. The number of nitrogens with zero attached hydrogens (tertiary/aromatic N) is 2. The molecule has 0 aliphatic carbocycles. The summed E-state index contributed by atoms with van der Waals surface area (Å²) in [5.41, 5.74) is 8.13. The first-order valence-corrected chi connectivity index (χ1v) is 5.90. The van der Waals surface area contributed by atoms with Crippen molar-refractivity contribution in [2.24, 2.45) is 0 Å². The summed E-state index contributed by atoms with van der Waals surface area (Å²) in [5.74, 6) is 0.589. The second-order valence-corrected chi connectivity index (χ2v) is 4.34. The first kappa shape index (κ1) is 11.0. The van der Waals surface area contributed by atoms with Crippen LogP contribution in [0.25, 0.3) is 22.3 Å². The maximum atomic E-state index is 6.17. The summed E-state index contributed by atoms with van der Waals surface area (Å²) in [6.07, 6.45) is 0. The Balaban J connectivity index is 2.24. The molecule has 3 aromatic rings. The summed E-state index contributed by atoms with van der Waals surface area (Å²) in [6, 6.07) is 15.1. The minimum Gasteiger partial charge on any atom is -0.399 e. The normalized spacial score (nSPS) is 10.7. The second kappa shape index (κ2) is 4.27. The molecule has 1 heterocycles. The lowest BCUT2D eigenvalue weighted by atomic mass is 10.2. The smallest absolute Gasteiger partial charge is 0.161 e. The van der Waals surface area contributed by atoms with Crippen molar-refractivity contribution < 1.29 is 0 Å². The number of para-hydroxylation sites is 1. The molecule has 0 spiro atoms. The van der Waals surface area contributed by atoms with Gasteiger partial charge in [0.1, 0.15) is 5.15 Å². The molecule has 3 rings (SSSR count). The van der Waals surface area contributed by atoms with Gasteiger partial charge in [-0.2, -0.15) is 0 Å². The third kappa shape index (κ3) is 1.89. The summed E-state index contributed by atoms with van der Waals surface area (Å²) in [5, 5.41) is 1.31. The van der Waals surface area contributed by atoms with E-state index in [1.165, 1.54) is 0 Å². The van der Waals surface area contributed by atoms with Crippen LogP contribution in [0.3, 0.4) is 0 Å². The van der Waals surface area contributed by atoms with Gasteiger partial charge in [0.25, 0.3) is 0 Å². The first-order valence-electron chi connectivity index (χ1n) is 5.52. The van der Waals surface area contributed by atoms with Crippen molar-refractivity contribution in [2.75, 3.05) is 5.73 Å². The topological polar surface area (TPSA) is 51.8 Å². The van der Waals surface area contributed by atoms with Crippen LogP contribution in [0.5, 0.6) is 0 Å². The third-order valence-electron chi connectivity index (χ3n) is 2.70. The molecule has 0 fully saturated rings. The SMILES string of the molecule is Nc1cccc(-c2nc(Cl)c3ccccc3n2)c1. The van der Waals surface area contributed by atoms with Gasteiger partial charge in [0, 0.05) is 16.6 Å². The molecule has 0 atom stereocenters. The average Bonchev–Trinajstić information content (AvgIpc) is 2.39. The number of fused-ring (bicyclic) bond motifs is 1. The number of rotatable bonds is 1. The Hall–Kier alpha value is -2.13. The van der Waals surface area contributed by atoms with Crippen LogP contribution in [0.4, 0.5) is 5.69 Å². The lowest BCUT2D eigenvalue weighted by Crippen LogP contribution is -1.93. The van der Waals surface area contributed by atoms with Crippen LogP contribution in [0.2, 0.25) is 5.15 Å². The fourth-order valence-corrected chi connectivity index (χ4v) is 2.08. The molecule has 2 aromatic carbocycles. The van der Waals surface area contributed by atoms with Crippen molar-refractivity contribution >= 4 is 28.2 Å². The van der Waals surface area contributed by atoms with E-state index in [9.17, 15) is 0 Å². The molecule has 0 unspecified atom stereocenters. The number of nitrogen functional groups attached to an aromatic ring is 1. The molecule has 4 heteroatoms. The molecule has 0 aliphatic rings. The van der Waals surface area contributed by atoms with Crippen molar-refractivity contribution in [3.63, 3.8) is 0 Å². The Kier molecular flexibility index (Phi) is 2.61. The number of benzene rings is 2. The van der Waals surface area contributed by atoms with Gasteiger partial charge in [0.05, 0.1) is 5.52 Å². The number of aromatic nitrogens is 2. The van der Waals surface area contributed by atoms with Gasteiger partial charge < -0.3 is 5.73 Å². The fourth-order valence-electron chi connectivity index (χ4n) is 1.84. The summed E-state index contributed by atoms with van der Waals surface area (Å²) in [6.45, 7) is 0. The van der Waals surface area contributed by atoms with Crippen LogP contribution in [0, 0.1) is 0 Å². The van der Waals surface area contributed by atoms with Crippen LogP contribution < -0.4 is 5.73 Å². The van der Waals surface area contributed by atoms with E-state index < -0.39 is 0 Å². The van der Waals surface area contributed by atoms with Gasteiger partial charge in [0.15, 0.2) is 5.82 Å². The predicted octanol–water partition coefficient (Wildman–Crippen LogP) is 3.53. The summed E-state index contributed by atoms with van der Waals surface area (Å²) < 4.78 is 0. The zero-order chi connectivity index (χ0) is 12.5. The van der Waals surface area contributed by atoms with Gasteiger partial charge in [-0.15, -0.1) is 0 Å². The first-order chi connectivity index (χ1) is 8.74. The molecular formula is C14H10ClN3. The zero-order valence-corrected chi connectivity index (χ0v) is 10.2. The van der Waals surface area contributed by atoms with Gasteiger partial charge in [-0.3, -0.25) is 0 Å². The minimum absolute atomic E-state index is 0.457. The monoisotopic (exact) mass is 255 g/mol. The van der Waals surface area contributed by atoms with Gasteiger partial charge in [0.2, 0.25) is 0 Å². The fraction of sp³-hybridized carbons (Fsp3) is 0. The Morgan fingerprint density at radius 1 is 0.944 bits per heavy atom. The van der Waals surface area contributed by atoms with Gasteiger partial charge in [-0.25, -0.2) is 9.97 Å². The average molecular weight is 256 g/mol. The van der Waals surface area contributed by atoms with Gasteiger partial charge in [-0.05, 0) is 24.3 Å². The molecule has 0 amide bonds. The van der Waals surface area contributed by atoms with Gasteiger partial charge >= 0.3 is 0 Å². The number of nitrogens with two attached hydrogens (primary N) is 1. The van der Waals surface area contributed by atoms with E-state index in [0.717, 1.165) is 16.5 Å². The highest BCUT2D eigenvalue weighted by molar-refractivity contribution is 6.34. The Labute approximate surface area is 109 Å². The quantitative estimate of drug-likeness (QED) is 0.535. The lowest BCUT2D eigenvalue weighted by molar-refractivity contribution is 1.23. The van der Waals surface area contributed by atoms with Crippen LogP contribution in [-0.2, 0) is 0 Å². The van der Waals surface area contributed by atoms with E-state index in [-0.39, 0.29) is 0 Å². The van der Waals surface area contributed by atoms with E-state index in [4.69, 9.17) is 17.3 Å². The van der Waals surface area contributed by atoms with Crippen molar-refractivity contribution in [1.82, 2.24) is 9.97 Å². The molecule has 2 N–H and O–H groups in total. The number of hydrogen-bond donors (Lipinski definition) is 1. The molecule has 1 aromatic heterocycles. The van der Waals surface area contributed by atoms with Crippen molar-refractivity contribution in [3.8, 4) is 11.4 Å². The highest BCUT2D eigenvalue weighted by Gasteiger charge is 2.07. The Morgan fingerprint density at radius 3 is 2.61 bits per heavy atom. The second-order valence-electron chi connectivity index (χ2n) is 3.98. The third-order valence-corrected chi connectivity index (χ3v) is 2.99. The number of anilines is 1. The highest BCUT2D eigenvalue weighted by Crippen LogP contribution is 2.25. The number of halogens is 1. The maximum Gasteiger partial charge on any atom is 0.161 e. The van der Waals surface area contributed by atoms with E-state index >= 15 is 0 Å². The molecule has 18 heavy (non-hydrogen) atoms.